The fourth-order valence-corrected chi connectivity index (χ4v) is 3.12. The van der Waals surface area contributed by atoms with Crippen LogP contribution in [0.3, 0.4) is 0 Å². The molecule has 24 heavy (non-hydrogen) atoms. The van der Waals surface area contributed by atoms with Gasteiger partial charge in [0.25, 0.3) is 0 Å². The average Bonchev–Trinajstić information content (AvgIpc) is 2.64. The van der Waals surface area contributed by atoms with E-state index in [4.69, 9.17) is 11.6 Å². The molecular weight excluding hydrogens is 322 g/mol. The van der Waals surface area contributed by atoms with E-state index in [-0.39, 0.29) is 6.03 Å². The number of nitrogens with zero attached hydrogens (tertiary/aromatic N) is 2. The van der Waals surface area contributed by atoms with E-state index in [0.29, 0.717) is 11.1 Å². The first-order valence-electron chi connectivity index (χ1n) is 8.24. The third kappa shape index (κ3) is 4.08. The maximum absolute atomic E-state index is 12.4. The van der Waals surface area contributed by atoms with Crippen LogP contribution < -0.4 is 5.32 Å². The lowest BCUT2D eigenvalue weighted by atomic mass is 10.1. The number of benzene rings is 2. The maximum Gasteiger partial charge on any atom is 0.321 e. The minimum Gasteiger partial charge on any atom is -0.322 e. The number of anilines is 1. The van der Waals surface area contributed by atoms with Gasteiger partial charge in [-0.15, -0.1) is 0 Å². The Morgan fingerprint density at radius 2 is 1.62 bits per heavy atom. The topological polar surface area (TPSA) is 35.6 Å². The van der Waals surface area contributed by atoms with Crippen molar-refractivity contribution in [3.63, 3.8) is 0 Å². The van der Waals surface area contributed by atoms with E-state index < -0.39 is 0 Å². The molecule has 2 amide bonds. The minimum atomic E-state index is -0.0515. The summed E-state index contributed by atoms with van der Waals surface area (Å²) >= 11 is 5.86. The molecule has 0 saturated carbocycles. The van der Waals surface area contributed by atoms with Crippen molar-refractivity contribution in [2.45, 2.75) is 13.0 Å². The summed E-state index contributed by atoms with van der Waals surface area (Å²) in [6.45, 7) is 5.44. The van der Waals surface area contributed by atoms with Crippen LogP contribution in [0.15, 0.2) is 54.6 Å². The molecule has 0 aromatic heterocycles. The minimum absolute atomic E-state index is 0.0515. The van der Waals surface area contributed by atoms with Crippen LogP contribution in [0.4, 0.5) is 10.5 Å². The second kappa shape index (κ2) is 7.69. The van der Waals surface area contributed by atoms with E-state index in [2.05, 4.69) is 41.4 Å². The van der Waals surface area contributed by atoms with Gasteiger partial charge in [-0.25, -0.2) is 4.79 Å². The monoisotopic (exact) mass is 343 g/mol. The third-order valence-corrected chi connectivity index (χ3v) is 4.78. The van der Waals surface area contributed by atoms with Crippen LogP contribution in [0.2, 0.25) is 5.02 Å². The van der Waals surface area contributed by atoms with Crippen LogP contribution in [0.25, 0.3) is 0 Å². The average molecular weight is 344 g/mol. The lowest BCUT2D eigenvalue weighted by Crippen LogP contribution is -2.50. The first-order chi connectivity index (χ1) is 11.6. The molecule has 1 saturated heterocycles. The van der Waals surface area contributed by atoms with Crippen molar-refractivity contribution in [1.29, 1.82) is 0 Å². The van der Waals surface area contributed by atoms with Gasteiger partial charge in [0.1, 0.15) is 0 Å². The molecule has 0 spiro atoms. The number of halogens is 1. The Balaban J connectivity index is 1.53. The summed E-state index contributed by atoms with van der Waals surface area (Å²) in [6, 6.07) is 18.0. The Labute approximate surface area is 148 Å². The Morgan fingerprint density at radius 3 is 2.25 bits per heavy atom. The van der Waals surface area contributed by atoms with Gasteiger partial charge in [0, 0.05) is 42.9 Å². The second-order valence-corrected chi connectivity index (χ2v) is 6.48. The number of piperazine rings is 1. The lowest BCUT2D eigenvalue weighted by Gasteiger charge is -2.38. The van der Waals surface area contributed by atoms with Gasteiger partial charge >= 0.3 is 6.03 Å². The van der Waals surface area contributed by atoms with Crippen LogP contribution >= 0.6 is 11.6 Å². The predicted molar refractivity (Wildman–Crippen MR) is 98.5 cm³/mol. The van der Waals surface area contributed by atoms with E-state index in [1.54, 1.807) is 12.1 Å². The summed E-state index contributed by atoms with van der Waals surface area (Å²) in [5.41, 5.74) is 2.08. The molecule has 126 valence electrons. The van der Waals surface area contributed by atoms with Gasteiger partial charge in [-0.1, -0.05) is 41.9 Å². The Kier molecular flexibility index (Phi) is 5.38. The molecule has 1 aliphatic heterocycles. The number of nitrogens with one attached hydrogen (secondary N) is 1. The summed E-state index contributed by atoms with van der Waals surface area (Å²) in [6.07, 6.45) is 0. The van der Waals surface area contributed by atoms with Crippen LogP contribution in [-0.4, -0.2) is 42.0 Å². The van der Waals surface area contributed by atoms with Crippen molar-refractivity contribution in [2.24, 2.45) is 0 Å². The SMILES string of the molecule is C[C@@H](c1ccccc1)N1CCN(C(=O)Nc2ccc(Cl)cc2)CC1. The highest BCUT2D eigenvalue weighted by Crippen LogP contribution is 2.21. The normalized spacial score (nSPS) is 16.7. The van der Waals surface area contributed by atoms with Crippen molar-refractivity contribution in [3.05, 3.63) is 65.2 Å². The molecule has 1 heterocycles. The first-order valence-corrected chi connectivity index (χ1v) is 8.62. The number of urea groups is 1. The molecule has 4 nitrogen and oxygen atoms in total. The largest absolute Gasteiger partial charge is 0.322 e. The van der Waals surface area contributed by atoms with E-state index in [1.165, 1.54) is 5.56 Å². The highest BCUT2D eigenvalue weighted by Gasteiger charge is 2.24. The van der Waals surface area contributed by atoms with Crippen molar-refractivity contribution >= 4 is 23.3 Å². The maximum atomic E-state index is 12.4. The van der Waals surface area contributed by atoms with Gasteiger partial charge in [0.05, 0.1) is 0 Å². The molecular formula is C19H22ClN3O. The molecule has 0 radical (unpaired) electrons. The molecule has 1 atom stereocenters. The molecule has 3 rings (SSSR count). The fourth-order valence-electron chi connectivity index (χ4n) is 2.99. The molecule has 1 N–H and O–H groups in total. The number of hydrogen-bond donors (Lipinski definition) is 1. The summed E-state index contributed by atoms with van der Waals surface area (Å²) in [7, 11) is 0. The summed E-state index contributed by atoms with van der Waals surface area (Å²) in [5, 5.41) is 3.59. The molecule has 1 fully saturated rings. The summed E-state index contributed by atoms with van der Waals surface area (Å²) in [4.78, 5) is 16.6. The summed E-state index contributed by atoms with van der Waals surface area (Å²) in [5.74, 6) is 0. The third-order valence-electron chi connectivity index (χ3n) is 4.53. The van der Waals surface area contributed by atoms with Gasteiger partial charge in [-0.3, -0.25) is 4.90 Å². The van der Waals surface area contributed by atoms with Gasteiger partial charge in [-0.2, -0.15) is 0 Å². The van der Waals surface area contributed by atoms with E-state index in [1.807, 2.05) is 23.1 Å². The van der Waals surface area contributed by atoms with Gasteiger partial charge in [0.15, 0.2) is 0 Å². The second-order valence-electron chi connectivity index (χ2n) is 6.05. The number of carbonyl (C=O) groups is 1. The highest BCUT2D eigenvalue weighted by atomic mass is 35.5. The van der Waals surface area contributed by atoms with Crippen molar-refractivity contribution in [2.75, 3.05) is 31.5 Å². The molecule has 2 aromatic carbocycles. The van der Waals surface area contributed by atoms with Crippen LogP contribution in [-0.2, 0) is 0 Å². The van der Waals surface area contributed by atoms with Crippen LogP contribution in [0, 0.1) is 0 Å². The summed E-state index contributed by atoms with van der Waals surface area (Å²) < 4.78 is 0. The highest BCUT2D eigenvalue weighted by molar-refractivity contribution is 6.30. The van der Waals surface area contributed by atoms with Crippen LogP contribution in [0.1, 0.15) is 18.5 Å². The van der Waals surface area contributed by atoms with Gasteiger partial charge < -0.3 is 10.2 Å². The number of hydrogen-bond acceptors (Lipinski definition) is 2. The standard InChI is InChI=1S/C19H22ClN3O/c1-15(16-5-3-2-4-6-16)22-11-13-23(14-12-22)19(24)21-18-9-7-17(20)8-10-18/h2-10,15H,11-14H2,1H3,(H,21,24)/t15-/m0/s1. The van der Waals surface area contributed by atoms with E-state index in [9.17, 15) is 4.79 Å². The zero-order valence-corrected chi connectivity index (χ0v) is 14.5. The molecule has 0 aliphatic carbocycles. The lowest BCUT2D eigenvalue weighted by molar-refractivity contribution is 0.119. The Bertz CT molecular complexity index is 667. The number of carbonyl (C=O) groups excluding carboxylic acids is 1. The molecule has 5 heteroatoms. The zero-order valence-electron chi connectivity index (χ0n) is 13.8. The molecule has 2 aromatic rings. The van der Waals surface area contributed by atoms with Crippen molar-refractivity contribution in [3.8, 4) is 0 Å². The predicted octanol–water partition coefficient (Wildman–Crippen LogP) is 4.25. The zero-order chi connectivity index (χ0) is 16.9. The quantitative estimate of drug-likeness (QED) is 0.904. The fraction of sp³-hybridized carbons (Fsp3) is 0.316. The number of amides is 2. The smallest absolute Gasteiger partial charge is 0.321 e. The number of rotatable bonds is 3. The van der Waals surface area contributed by atoms with E-state index in [0.717, 1.165) is 31.9 Å². The van der Waals surface area contributed by atoms with Crippen molar-refractivity contribution in [1.82, 2.24) is 9.80 Å². The van der Waals surface area contributed by atoms with Crippen LogP contribution in [0.5, 0.6) is 0 Å². The first kappa shape index (κ1) is 16.8. The molecule has 1 aliphatic rings. The Morgan fingerprint density at radius 1 is 1.00 bits per heavy atom. The Hall–Kier alpha value is -2.04. The van der Waals surface area contributed by atoms with E-state index >= 15 is 0 Å². The molecule has 0 bridgehead atoms. The molecule has 0 unspecified atom stereocenters. The van der Waals surface area contributed by atoms with Gasteiger partial charge in [0.2, 0.25) is 0 Å². The van der Waals surface area contributed by atoms with Gasteiger partial charge in [-0.05, 0) is 36.8 Å². The van der Waals surface area contributed by atoms with Crippen molar-refractivity contribution < 1.29 is 4.79 Å².